The zero-order valence-corrected chi connectivity index (χ0v) is 14.2. The topological polar surface area (TPSA) is 59.0 Å². The quantitative estimate of drug-likeness (QED) is 0.900. The summed E-state index contributed by atoms with van der Waals surface area (Å²) >= 11 is 0. The van der Waals surface area contributed by atoms with Crippen LogP contribution in [-0.4, -0.2) is 15.8 Å². The number of hydrogen-bond acceptors (Lipinski definition) is 2. The Morgan fingerprint density at radius 3 is 2.54 bits per heavy atom. The van der Waals surface area contributed by atoms with Gasteiger partial charge in [-0.2, -0.15) is 5.10 Å². The number of carbonyl (C=O) groups is 1. The molecule has 0 spiro atoms. The van der Waals surface area contributed by atoms with Crippen LogP contribution in [0.4, 0.5) is 13.6 Å². The highest BCUT2D eigenvalue weighted by Crippen LogP contribution is 2.34. The highest BCUT2D eigenvalue weighted by atomic mass is 19.1. The lowest BCUT2D eigenvalue weighted by Gasteiger charge is -2.32. The Balaban J connectivity index is 2.11. The summed E-state index contributed by atoms with van der Waals surface area (Å²) in [5.41, 5.74) is 0.632. The summed E-state index contributed by atoms with van der Waals surface area (Å²) in [5, 5.41) is 9.52. The predicted octanol–water partition coefficient (Wildman–Crippen LogP) is 3.28. The fourth-order valence-corrected chi connectivity index (χ4v) is 2.42. The van der Waals surface area contributed by atoms with Crippen LogP contribution in [0.3, 0.4) is 0 Å². The van der Waals surface area contributed by atoms with Crippen LogP contribution >= 0.6 is 0 Å². The van der Waals surface area contributed by atoms with Crippen molar-refractivity contribution in [3.8, 4) is 0 Å². The molecule has 1 unspecified atom stereocenters. The van der Waals surface area contributed by atoms with Crippen LogP contribution in [-0.2, 0) is 13.6 Å². The molecule has 130 valence electrons. The Labute approximate surface area is 140 Å². The van der Waals surface area contributed by atoms with Gasteiger partial charge in [0.25, 0.3) is 0 Å². The maximum Gasteiger partial charge on any atom is 0.315 e. The minimum Gasteiger partial charge on any atom is -0.333 e. The number of aromatic nitrogens is 2. The molecule has 0 saturated heterocycles. The molecule has 1 atom stereocenters. The van der Waals surface area contributed by atoms with Crippen LogP contribution < -0.4 is 10.6 Å². The molecular weight excluding hydrogens is 314 g/mol. The molecule has 5 nitrogen and oxygen atoms in total. The van der Waals surface area contributed by atoms with E-state index in [9.17, 15) is 13.6 Å². The van der Waals surface area contributed by atoms with Crippen LogP contribution in [0.15, 0.2) is 30.5 Å². The number of amides is 2. The Morgan fingerprint density at radius 2 is 2.00 bits per heavy atom. The van der Waals surface area contributed by atoms with Gasteiger partial charge in [-0.3, -0.25) is 4.68 Å². The first-order valence-corrected chi connectivity index (χ1v) is 7.64. The largest absolute Gasteiger partial charge is 0.333 e. The average Bonchev–Trinajstić information content (AvgIpc) is 2.87. The fraction of sp³-hybridized carbons (Fsp3) is 0.412. The zero-order chi connectivity index (χ0) is 17.9. The van der Waals surface area contributed by atoms with Crippen molar-refractivity contribution in [3.05, 3.63) is 53.4 Å². The summed E-state index contributed by atoms with van der Waals surface area (Å²) < 4.78 is 28.9. The van der Waals surface area contributed by atoms with Gasteiger partial charge in [0.2, 0.25) is 0 Å². The number of urea groups is 1. The molecule has 1 aromatic carbocycles. The molecule has 24 heavy (non-hydrogen) atoms. The first kappa shape index (κ1) is 17.9. The normalized spacial score (nSPS) is 12.8. The van der Waals surface area contributed by atoms with Crippen LogP contribution in [0.1, 0.15) is 38.1 Å². The fourth-order valence-electron chi connectivity index (χ4n) is 2.42. The number of halogens is 2. The second-order valence-corrected chi connectivity index (χ2v) is 6.74. The minimum absolute atomic E-state index is 0.250. The van der Waals surface area contributed by atoms with Gasteiger partial charge in [0.15, 0.2) is 0 Å². The summed E-state index contributed by atoms with van der Waals surface area (Å²) in [5.74, 6) is -1.33. The summed E-state index contributed by atoms with van der Waals surface area (Å²) in [4.78, 5) is 12.2. The molecule has 7 heteroatoms. The first-order valence-electron chi connectivity index (χ1n) is 7.64. The smallest absolute Gasteiger partial charge is 0.315 e. The second kappa shape index (κ2) is 6.98. The van der Waals surface area contributed by atoms with Gasteiger partial charge in [-0.15, -0.1) is 0 Å². The molecule has 1 aromatic heterocycles. The minimum atomic E-state index is -0.679. The molecular formula is C17H22F2N4O. The van der Waals surface area contributed by atoms with Gasteiger partial charge in [-0.1, -0.05) is 26.8 Å². The van der Waals surface area contributed by atoms with E-state index in [-0.39, 0.29) is 5.56 Å². The van der Waals surface area contributed by atoms with Gasteiger partial charge >= 0.3 is 6.03 Å². The van der Waals surface area contributed by atoms with E-state index in [2.05, 4.69) is 15.7 Å². The molecule has 2 N–H and O–H groups in total. The molecule has 2 aromatic rings. The number of nitrogens with one attached hydrogen (secondary N) is 2. The molecule has 1 heterocycles. The third-order valence-corrected chi connectivity index (χ3v) is 3.77. The van der Waals surface area contributed by atoms with Gasteiger partial charge in [-0.05, 0) is 17.5 Å². The number of carbonyl (C=O) groups excluding carboxylic acids is 1. The summed E-state index contributed by atoms with van der Waals surface area (Å²) in [7, 11) is 1.78. The van der Waals surface area contributed by atoms with E-state index >= 15 is 0 Å². The van der Waals surface area contributed by atoms with E-state index in [4.69, 9.17) is 0 Å². The molecule has 0 bridgehead atoms. The van der Waals surface area contributed by atoms with Crippen molar-refractivity contribution < 1.29 is 13.6 Å². The third-order valence-electron chi connectivity index (χ3n) is 3.77. The highest BCUT2D eigenvalue weighted by molar-refractivity contribution is 5.74. The number of hydrogen-bond donors (Lipinski definition) is 2. The molecule has 0 aliphatic rings. The van der Waals surface area contributed by atoms with Gasteiger partial charge in [0, 0.05) is 24.9 Å². The maximum absolute atomic E-state index is 14.1. The van der Waals surface area contributed by atoms with Crippen molar-refractivity contribution in [1.29, 1.82) is 0 Å². The molecule has 0 aliphatic carbocycles. The van der Waals surface area contributed by atoms with Crippen molar-refractivity contribution in [2.45, 2.75) is 33.4 Å². The van der Waals surface area contributed by atoms with Crippen molar-refractivity contribution in [1.82, 2.24) is 20.4 Å². The summed E-state index contributed by atoms with van der Waals surface area (Å²) in [6.45, 7) is 5.93. The lowest BCUT2D eigenvalue weighted by Crippen LogP contribution is -2.42. The van der Waals surface area contributed by atoms with Crippen LogP contribution in [0.2, 0.25) is 0 Å². The van der Waals surface area contributed by atoms with Crippen molar-refractivity contribution in [2.75, 3.05) is 0 Å². The predicted molar refractivity (Wildman–Crippen MR) is 87.1 cm³/mol. The molecule has 0 saturated carbocycles. The van der Waals surface area contributed by atoms with Gasteiger partial charge in [0.1, 0.15) is 11.6 Å². The van der Waals surface area contributed by atoms with Gasteiger partial charge in [0.05, 0.1) is 18.3 Å². The molecule has 0 fully saturated rings. The van der Waals surface area contributed by atoms with Crippen LogP contribution in [0.5, 0.6) is 0 Å². The molecule has 2 amide bonds. The van der Waals surface area contributed by atoms with Crippen molar-refractivity contribution in [3.63, 3.8) is 0 Å². The zero-order valence-electron chi connectivity index (χ0n) is 14.2. The van der Waals surface area contributed by atoms with E-state index in [1.165, 1.54) is 12.1 Å². The van der Waals surface area contributed by atoms with E-state index in [0.717, 1.165) is 11.8 Å². The average molecular weight is 336 g/mol. The third kappa shape index (κ3) is 4.31. The SMILES string of the molecule is Cn1nccc1CNC(=O)NC(c1ccc(F)cc1F)C(C)(C)C. The van der Waals surface area contributed by atoms with E-state index < -0.39 is 29.1 Å². The second-order valence-electron chi connectivity index (χ2n) is 6.74. The standard InChI is InChI=1S/C17H22F2N4O/c1-17(2,3)15(13-6-5-11(18)9-14(13)19)22-16(24)20-10-12-7-8-21-23(12)4/h5-9,15H,10H2,1-4H3,(H2,20,22,24). The Bertz CT molecular complexity index is 722. The van der Waals surface area contributed by atoms with E-state index in [0.29, 0.717) is 6.54 Å². The highest BCUT2D eigenvalue weighted by Gasteiger charge is 2.30. The molecule has 0 aliphatic heterocycles. The molecule has 0 radical (unpaired) electrons. The lowest BCUT2D eigenvalue weighted by atomic mass is 9.82. The summed E-state index contributed by atoms with van der Waals surface area (Å²) in [6, 6.07) is 4.13. The van der Waals surface area contributed by atoms with Crippen LogP contribution in [0.25, 0.3) is 0 Å². The first-order chi connectivity index (χ1) is 11.2. The van der Waals surface area contributed by atoms with E-state index in [1.807, 2.05) is 20.8 Å². The number of benzene rings is 1. The Kier molecular flexibility index (Phi) is 5.21. The van der Waals surface area contributed by atoms with Crippen molar-refractivity contribution in [2.24, 2.45) is 12.5 Å². The monoisotopic (exact) mass is 336 g/mol. The van der Waals surface area contributed by atoms with Crippen LogP contribution in [0, 0.1) is 17.0 Å². The van der Waals surface area contributed by atoms with Gasteiger partial charge < -0.3 is 10.6 Å². The van der Waals surface area contributed by atoms with Crippen molar-refractivity contribution >= 4 is 6.03 Å². The van der Waals surface area contributed by atoms with E-state index in [1.54, 1.807) is 24.0 Å². The summed E-state index contributed by atoms with van der Waals surface area (Å²) in [6.07, 6.45) is 1.64. The maximum atomic E-state index is 14.1. The lowest BCUT2D eigenvalue weighted by molar-refractivity contribution is 0.216. The number of nitrogens with zero attached hydrogens (tertiary/aromatic N) is 2. The Morgan fingerprint density at radius 1 is 1.29 bits per heavy atom. The number of aryl methyl sites for hydroxylation is 1. The van der Waals surface area contributed by atoms with Gasteiger partial charge in [-0.25, -0.2) is 13.6 Å². The Hall–Kier alpha value is -2.44. The number of rotatable bonds is 4. The molecule has 2 rings (SSSR count).